The summed E-state index contributed by atoms with van der Waals surface area (Å²) in [4.78, 5) is 14.4. The first-order chi connectivity index (χ1) is 9.72. The molecule has 1 aliphatic heterocycles. The average Bonchev–Trinajstić information content (AvgIpc) is 3.04. The third kappa shape index (κ3) is 2.11. The second-order valence-electron chi connectivity index (χ2n) is 5.53. The van der Waals surface area contributed by atoms with E-state index < -0.39 is 0 Å². The molecular weight excluding hydrogens is 250 g/mol. The Labute approximate surface area is 120 Å². The normalized spacial score (nSPS) is 24.5. The molecule has 1 aliphatic carbocycles. The van der Waals surface area contributed by atoms with Gasteiger partial charge in [0.15, 0.2) is 0 Å². The van der Waals surface area contributed by atoms with Crippen LogP contribution in [0.3, 0.4) is 0 Å². The molecule has 1 heterocycles. The summed E-state index contributed by atoms with van der Waals surface area (Å²) >= 11 is 0. The van der Waals surface area contributed by atoms with E-state index in [0.29, 0.717) is 12.5 Å². The number of hydrogen-bond donors (Lipinski definition) is 0. The lowest BCUT2D eigenvalue weighted by Gasteiger charge is -2.27. The number of rotatable bonds is 3. The molecule has 0 saturated carbocycles. The Morgan fingerprint density at radius 1 is 1.40 bits per heavy atom. The van der Waals surface area contributed by atoms with E-state index in [9.17, 15) is 4.79 Å². The largest absolute Gasteiger partial charge is 0.464 e. The maximum absolute atomic E-state index is 12.1. The van der Waals surface area contributed by atoms with Crippen molar-refractivity contribution in [2.75, 3.05) is 13.2 Å². The Bertz CT molecular complexity index is 550. The molecule has 3 rings (SSSR count). The molecule has 0 spiro atoms. The number of fused-ring (bicyclic) bond motifs is 1. The fourth-order valence-electron chi connectivity index (χ4n) is 3.33. The third-order valence-electron chi connectivity index (χ3n) is 4.26. The highest BCUT2D eigenvalue weighted by atomic mass is 16.5. The summed E-state index contributed by atoms with van der Waals surface area (Å²) in [6.45, 7) is 5.47. The number of ether oxygens (including phenoxy) is 1. The lowest BCUT2D eigenvalue weighted by Crippen LogP contribution is -2.35. The van der Waals surface area contributed by atoms with Crippen molar-refractivity contribution in [2.24, 2.45) is 0 Å². The molecule has 1 aromatic carbocycles. The van der Waals surface area contributed by atoms with Gasteiger partial charge in [0.1, 0.15) is 6.04 Å². The van der Waals surface area contributed by atoms with Gasteiger partial charge >= 0.3 is 5.97 Å². The Morgan fingerprint density at radius 3 is 3.00 bits per heavy atom. The van der Waals surface area contributed by atoms with Crippen molar-refractivity contribution in [3.05, 3.63) is 41.5 Å². The first-order valence-corrected chi connectivity index (χ1v) is 7.46. The maximum atomic E-state index is 12.1. The molecule has 3 nitrogen and oxygen atoms in total. The number of carbonyl (C=O) groups excluding carboxylic acids is 1. The predicted octanol–water partition coefficient (Wildman–Crippen LogP) is 3.17. The molecule has 0 radical (unpaired) electrons. The number of hydrogen-bond acceptors (Lipinski definition) is 3. The summed E-state index contributed by atoms with van der Waals surface area (Å²) < 4.78 is 5.22. The van der Waals surface area contributed by atoms with E-state index in [1.165, 1.54) is 16.8 Å². The van der Waals surface area contributed by atoms with E-state index in [2.05, 4.69) is 42.2 Å². The molecule has 0 amide bonds. The van der Waals surface area contributed by atoms with E-state index in [4.69, 9.17) is 4.74 Å². The molecule has 1 fully saturated rings. The Morgan fingerprint density at radius 2 is 2.20 bits per heavy atom. The fourth-order valence-corrected chi connectivity index (χ4v) is 3.33. The number of benzene rings is 1. The van der Waals surface area contributed by atoms with Crippen LogP contribution in [0.1, 0.15) is 43.7 Å². The van der Waals surface area contributed by atoms with Gasteiger partial charge in [-0.1, -0.05) is 37.3 Å². The zero-order chi connectivity index (χ0) is 14.1. The van der Waals surface area contributed by atoms with Crippen LogP contribution >= 0.6 is 0 Å². The topological polar surface area (TPSA) is 29.5 Å². The van der Waals surface area contributed by atoms with Crippen molar-refractivity contribution in [1.29, 1.82) is 0 Å². The van der Waals surface area contributed by atoms with Crippen molar-refractivity contribution in [1.82, 2.24) is 4.90 Å². The van der Waals surface area contributed by atoms with Crippen LogP contribution in [0.15, 0.2) is 30.3 Å². The van der Waals surface area contributed by atoms with E-state index in [1.54, 1.807) is 0 Å². The van der Waals surface area contributed by atoms with Gasteiger partial charge in [-0.2, -0.15) is 0 Å². The second kappa shape index (κ2) is 5.31. The first-order valence-electron chi connectivity index (χ1n) is 7.46. The molecule has 1 aromatic rings. The summed E-state index contributed by atoms with van der Waals surface area (Å²) in [5.74, 6) is 0.340. The van der Waals surface area contributed by atoms with Crippen LogP contribution in [0, 0.1) is 0 Å². The van der Waals surface area contributed by atoms with Gasteiger partial charge in [0.25, 0.3) is 0 Å². The number of esters is 1. The minimum atomic E-state index is -0.112. The highest BCUT2D eigenvalue weighted by molar-refractivity contribution is 5.81. The van der Waals surface area contributed by atoms with E-state index >= 15 is 0 Å². The van der Waals surface area contributed by atoms with E-state index in [1.807, 2.05) is 6.92 Å². The van der Waals surface area contributed by atoms with Crippen LogP contribution in [-0.2, 0) is 9.53 Å². The molecular formula is C17H21NO2. The van der Waals surface area contributed by atoms with Gasteiger partial charge in [0.05, 0.1) is 6.61 Å². The second-order valence-corrected chi connectivity index (χ2v) is 5.53. The smallest absolute Gasteiger partial charge is 0.328 e. The molecule has 1 saturated heterocycles. The van der Waals surface area contributed by atoms with Gasteiger partial charge in [-0.05, 0) is 25.3 Å². The van der Waals surface area contributed by atoms with Crippen molar-refractivity contribution in [3.8, 4) is 0 Å². The highest BCUT2D eigenvalue weighted by Gasteiger charge is 2.36. The van der Waals surface area contributed by atoms with Crippen LogP contribution in [0.4, 0.5) is 0 Å². The SMILES string of the molecule is CCOC(=O)C1CCCN1C1=C[C@H](C)c2ccccc21. The summed E-state index contributed by atoms with van der Waals surface area (Å²) in [6, 6.07) is 8.38. The summed E-state index contributed by atoms with van der Waals surface area (Å²) in [5.41, 5.74) is 3.84. The molecule has 0 aromatic heterocycles. The van der Waals surface area contributed by atoms with Crippen LogP contribution in [-0.4, -0.2) is 30.1 Å². The predicted molar refractivity (Wildman–Crippen MR) is 79.2 cm³/mol. The van der Waals surface area contributed by atoms with Crippen molar-refractivity contribution in [3.63, 3.8) is 0 Å². The number of likely N-dealkylation sites (tertiary alicyclic amines) is 1. The zero-order valence-corrected chi connectivity index (χ0v) is 12.1. The standard InChI is InChI=1S/C17H21NO2/c1-3-20-17(19)15-9-6-10-18(15)16-11-12(2)13-7-4-5-8-14(13)16/h4-5,7-8,11-12,15H,3,6,9-10H2,1-2H3/t12-,15?/m0/s1. The van der Waals surface area contributed by atoms with Crippen molar-refractivity contribution < 1.29 is 9.53 Å². The number of carbonyl (C=O) groups is 1. The summed E-state index contributed by atoms with van der Waals surface area (Å²) in [6.07, 6.45) is 4.23. The lowest BCUT2D eigenvalue weighted by molar-refractivity contribution is -0.147. The lowest BCUT2D eigenvalue weighted by atomic mass is 10.0. The number of allylic oxidation sites excluding steroid dienone is 1. The van der Waals surface area contributed by atoms with Crippen molar-refractivity contribution in [2.45, 2.75) is 38.6 Å². The zero-order valence-electron chi connectivity index (χ0n) is 12.1. The molecule has 2 atom stereocenters. The van der Waals surface area contributed by atoms with Gasteiger partial charge in [-0.15, -0.1) is 0 Å². The van der Waals surface area contributed by atoms with Crippen LogP contribution in [0.2, 0.25) is 0 Å². The Balaban J connectivity index is 1.90. The molecule has 1 unspecified atom stereocenters. The molecule has 2 aliphatic rings. The van der Waals surface area contributed by atoms with Crippen LogP contribution in [0.5, 0.6) is 0 Å². The molecule has 20 heavy (non-hydrogen) atoms. The Kier molecular flexibility index (Phi) is 3.51. The molecule has 0 N–H and O–H groups in total. The number of nitrogens with zero attached hydrogens (tertiary/aromatic N) is 1. The quantitative estimate of drug-likeness (QED) is 0.791. The molecule has 0 bridgehead atoms. The maximum Gasteiger partial charge on any atom is 0.328 e. The van der Waals surface area contributed by atoms with Gasteiger partial charge in [-0.3, -0.25) is 0 Å². The Hall–Kier alpha value is -1.77. The van der Waals surface area contributed by atoms with Crippen LogP contribution < -0.4 is 0 Å². The highest BCUT2D eigenvalue weighted by Crippen LogP contribution is 2.40. The van der Waals surface area contributed by atoms with Gasteiger partial charge in [0.2, 0.25) is 0 Å². The minimum absolute atomic E-state index is 0.0806. The van der Waals surface area contributed by atoms with Crippen molar-refractivity contribution >= 4 is 11.7 Å². The van der Waals surface area contributed by atoms with Gasteiger partial charge in [-0.25, -0.2) is 4.79 Å². The van der Waals surface area contributed by atoms with Gasteiger partial charge < -0.3 is 9.64 Å². The summed E-state index contributed by atoms with van der Waals surface area (Å²) in [5, 5.41) is 0. The average molecular weight is 271 g/mol. The first kappa shape index (κ1) is 13.2. The fraction of sp³-hybridized carbons (Fsp3) is 0.471. The van der Waals surface area contributed by atoms with Crippen LogP contribution in [0.25, 0.3) is 5.70 Å². The minimum Gasteiger partial charge on any atom is -0.464 e. The molecule has 106 valence electrons. The summed E-state index contributed by atoms with van der Waals surface area (Å²) in [7, 11) is 0. The van der Waals surface area contributed by atoms with Gasteiger partial charge in [0, 0.05) is 23.7 Å². The van der Waals surface area contributed by atoms with E-state index in [-0.39, 0.29) is 12.0 Å². The monoisotopic (exact) mass is 271 g/mol. The van der Waals surface area contributed by atoms with E-state index in [0.717, 1.165) is 19.4 Å². The molecule has 3 heteroatoms. The third-order valence-corrected chi connectivity index (χ3v) is 4.26.